The smallest absolute Gasteiger partial charge is 0.168 e. The molecular weight excluding hydrogens is 334 g/mol. The zero-order chi connectivity index (χ0) is 17.2. The molecule has 0 radical (unpaired) electrons. The van der Waals surface area contributed by atoms with E-state index in [0.717, 1.165) is 30.2 Å². The quantitative estimate of drug-likeness (QED) is 0.911. The summed E-state index contributed by atoms with van der Waals surface area (Å²) in [6.45, 7) is 1.98. The van der Waals surface area contributed by atoms with E-state index in [1.807, 2.05) is 59.5 Å². The van der Waals surface area contributed by atoms with Gasteiger partial charge in [-0.25, -0.2) is 4.99 Å². The van der Waals surface area contributed by atoms with E-state index in [-0.39, 0.29) is 6.17 Å². The van der Waals surface area contributed by atoms with Gasteiger partial charge in [-0.2, -0.15) is 0 Å². The number of halogens is 1. The molecule has 0 bridgehead atoms. The summed E-state index contributed by atoms with van der Waals surface area (Å²) in [5.41, 5.74) is 1.91. The monoisotopic (exact) mass is 355 g/mol. The van der Waals surface area contributed by atoms with E-state index in [2.05, 4.69) is 4.90 Å². The van der Waals surface area contributed by atoms with Gasteiger partial charge in [-0.3, -0.25) is 9.80 Å². The molecule has 0 aliphatic carbocycles. The number of amidine groups is 1. The third kappa shape index (κ3) is 3.30. The number of aliphatic hydroxyl groups excluding tert-OH is 1. The molecule has 0 spiro atoms. The topological polar surface area (TPSA) is 39.1 Å². The van der Waals surface area contributed by atoms with Gasteiger partial charge in [0.25, 0.3) is 0 Å². The van der Waals surface area contributed by atoms with E-state index in [0.29, 0.717) is 5.02 Å². The summed E-state index contributed by atoms with van der Waals surface area (Å²) < 4.78 is 0. The SMILES string of the molecule is OC1C(N2CCCCC2)N=C(c2ccccc2)N1c1ccc(Cl)cc1. The highest BCUT2D eigenvalue weighted by atomic mass is 35.5. The van der Waals surface area contributed by atoms with Crippen molar-refractivity contribution in [1.82, 2.24) is 4.90 Å². The van der Waals surface area contributed by atoms with Crippen LogP contribution in [-0.4, -0.2) is 41.3 Å². The summed E-state index contributed by atoms with van der Waals surface area (Å²) in [4.78, 5) is 9.15. The highest BCUT2D eigenvalue weighted by Crippen LogP contribution is 2.31. The van der Waals surface area contributed by atoms with Gasteiger partial charge in [0.15, 0.2) is 6.23 Å². The Kier molecular flexibility index (Phi) is 4.75. The van der Waals surface area contributed by atoms with Crippen molar-refractivity contribution in [3.8, 4) is 0 Å². The molecule has 0 saturated carbocycles. The number of hydrogen-bond donors (Lipinski definition) is 1. The molecule has 2 heterocycles. The molecule has 2 aromatic carbocycles. The largest absolute Gasteiger partial charge is 0.370 e. The molecule has 2 aliphatic rings. The van der Waals surface area contributed by atoms with Crippen molar-refractivity contribution in [2.75, 3.05) is 18.0 Å². The van der Waals surface area contributed by atoms with Crippen LogP contribution >= 0.6 is 11.6 Å². The van der Waals surface area contributed by atoms with E-state index < -0.39 is 6.23 Å². The minimum atomic E-state index is -0.700. The minimum Gasteiger partial charge on any atom is -0.370 e. The Morgan fingerprint density at radius 1 is 0.920 bits per heavy atom. The fourth-order valence-corrected chi connectivity index (χ4v) is 3.77. The molecule has 0 amide bonds. The maximum absolute atomic E-state index is 11.1. The van der Waals surface area contributed by atoms with Gasteiger partial charge in [0.1, 0.15) is 12.0 Å². The highest BCUT2D eigenvalue weighted by Gasteiger charge is 2.39. The van der Waals surface area contributed by atoms with Gasteiger partial charge in [0.05, 0.1) is 0 Å². The molecule has 130 valence electrons. The first-order valence-electron chi connectivity index (χ1n) is 8.84. The number of likely N-dealkylation sites (tertiary alicyclic amines) is 1. The van der Waals surface area contributed by atoms with Gasteiger partial charge in [-0.1, -0.05) is 48.4 Å². The second-order valence-electron chi connectivity index (χ2n) is 6.59. The molecule has 1 N–H and O–H groups in total. The predicted octanol–water partition coefficient (Wildman–Crippen LogP) is 3.74. The summed E-state index contributed by atoms with van der Waals surface area (Å²) in [6, 6.07) is 17.6. The van der Waals surface area contributed by atoms with Gasteiger partial charge < -0.3 is 5.11 Å². The lowest BCUT2D eigenvalue weighted by molar-refractivity contribution is 0.0576. The Hall–Kier alpha value is -1.88. The van der Waals surface area contributed by atoms with Gasteiger partial charge in [0.2, 0.25) is 0 Å². The third-order valence-corrected chi connectivity index (χ3v) is 5.17. The summed E-state index contributed by atoms with van der Waals surface area (Å²) >= 11 is 6.04. The number of hydrogen-bond acceptors (Lipinski definition) is 4. The van der Waals surface area contributed by atoms with Crippen LogP contribution in [0, 0.1) is 0 Å². The van der Waals surface area contributed by atoms with Crippen molar-refractivity contribution in [1.29, 1.82) is 0 Å². The van der Waals surface area contributed by atoms with Crippen LogP contribution in [0.3, 0.4) is 0 Å². The van der Waals surface area contributed by atoms with Crippen molar-refractivity contribution in [2.45, 2.75) is 31.7 Å². The number of piperidine rings is 1. The van der Waals surface area contributed by atoms with Crippen LogP contribution in [0.15, 0.2) is 59.6 Å². The normalized spacial score (nSPS) is 24.4. The van der Waals surface area contributed by atoms with Gasteiger partial charge >= 0.3 is 0 Å². The summed E-state index contributed by atoms with van der Waals surface area (Å²) in [7, 11) is 0. The van der Waals surface area contributed by atoms with Crippen molar-refractivity contribution >= 4 is 23.1 Å². The molecule has 2 atom stereocenters. The molecule has 2 aliphatic heterocycles. The molecule has 5 heteroatoms. The number of anilines is 1. The Morgan fingerprint density at radius 3 is 2.28 bits per heavy atom. The molecule has 1 saturated heterocycles. The highest BCUT2D eigenvalue weighted by molar-refractivity contribution is 6.30. The number of benzene rings is 2. The molecule has 25 heavy (non-hydrogen) atoms. The predicted molar refractivity (Wildman–Crippen MR) is 102 cm³/mol. The Bertz CT molecular complexity index is 741. The molecule has 1 fully saturated rings. The first kappa shape index (κ1) is 16.6. The van der Waals surface area contributed by atoms with Gasteiger partial charge in [-0.15, -0.1) is 0 Å². The summed E-state index contributed by atoms with van der Waals surface area (Å²) in [6.07, 6.45) is 2.66. The lowest BCUT2D eigenvalue weighted by Gasteiger charge is -2.34. The first-order valence-corrected chi connectivity index (χ1v) is 9.22. The average Bonchev–Trinajstić information content (AvgIpc) is 3.01. The van der Waals surface area contributed by atoms with Crippen molar-refractivity contribution in [3.63, 3.8) is 0 Å². The second kappa shape index (κ2) is 7.16. The van der Waals surface area contributed by atoms with Crippen LogP contribution in [0.1, 0.15) is 24.8 Å². The van der Waals surface area contributed by atoms with E-state index >= 15 is 0 Å². The van der Waals surface area contributed by atoms with Crippen molar-refractivity contribution < 1.29 is 5.11 Å². The van der Waals surface area contributed by atoms with Gasteiger partial charge in [-0.05, 0) is 37.1 Å². The molecule has 0 aromatic heterocycles. The van der Waals surface area contributed by atoms with E-state index in [1.54, 1.807) is 0 Å². The maximum atomic E-state index is 11.1. The average molecular weight is 356 g/mol. The van der Waals surface area contributed by atoms with Crippen LogP contribution in [-0.2, 0) is 0 Å². The van der Waals surface area contributed by atoms with E-state index in [1.165, 1.54) is 19.3 Å². The zero-order valence-corrected chi connectivity index (χ0v) is 14.8. The fourth-order valence-electron chi connectivity index (χ4n) is 3.64. The van der Waals surface area contributed by atoms with Crippen LogP contribution in [0.2, 0.25) is 5.02 Å². The molecule has 4 rings (SSSR count). The Morgan fingerprint density at radius 2 is 1.60 bits per heavy atom. The Labute approximate surface area is 153 Å². The lowest BCUT2D eigenvalue weighted by Crippen LogP contribution is -2.48. The van der Waals surface area contributed by atoms with Crippen LogP contribution in [0.5, 0.6) is 0 Å². The number of nitrogens with zero attached hydrogens (tertiary/aromatic N) is 3. The fraction of sp³-hybridized carbons (Fsp3) is 0.350. The Balaban J connectivity index is 1.72. The number of rotatable bonds is 3. The first-order chi connectivity index (χ1) is 12.2. The molecular formula is C20H22ClN3O. The maximum Gasteiger partial charge on any atom is 0.168 e. The minimum absolute atomic E-state index is 0.230. The van der Waals surface area contributed by atoms with E-state index in [9.17, 15) is 5.11 Å². The van der Waals surface area contributed by atoms with Crippen LogP contribution in [0.25, 0.3) is 0 Å². The number of aliphatic imine (C=N–C) groups is 1. The second-order valence-corrected chi connectivity index (χ2v) is 7.03. The van der Waals surface area contributed by atoms with Crippen molar-refractivity contribution in [3.05, 3.63) is 65.2 Å². The molecule has 2 aromatic rings. The van der Waals surface area contributed by atoms with Crippen LogP contribution < -0.4 is 4.90 Å². The van der Waals surface area contributed by atoms with Gasteiger partial charge in [0, 0.05) is 29.4 Å². The third-order valence-electron chi connectivity index (χ3n) is 4.92. The molecule has 4 nitrogen and oxygen atoms in total. The van der Waals surface area contributed by atoms with Crippen LogP contribution in [0.4, 0.5) is 5.69 Å². The molecule has 2 unspecified atom stereocenters. The zero-order valence-electron chi connectivity index (χ0n) is 14.1. The standard InChI is InChI=1S/C20H22ClN3O/c21-16-9-11-17(12-10-16)24-18(15-7-3-1-4-8-15)22-19(20(24)25)23-13-5-2-6-14-23/h1,3-4,7-12,19-20,25H,2,5-6,13-14H2. The van der Waals surface area contributed by atoms with E-state index in [4.69, 9.17) is 16.6 Å². The summed E-state index contributed by atoms with van der Waals surface area (Å²) in [5.74, 6) is 0.811. The summed E-state index contributed by atoms with van der Waals surface area (Å²) in [5, 5.41) is 11.8. The lowest BCUT2D eigenvalue weighted by atomic mass is 10.1. The van der Waals surface area contributed by atoms with Crippen molar-refractivity contribution in [2.24, 2.45) is 4.99 Å². The number of aliphatic hydroxyl groups is 1.